The lowest BCUT2D eigenvalue weighted by Crippen LogP contribution is -2.28. The van der Waals surface area contributed by atoms with E-state index < -0.39 is 0 Å². The van der Waals surface area contributed by atoms with E-state index in [1.54, 1.807) is 6.07 Å². The summed E-state index contributed by atoms with van der Waals surface area (Å²) >= 11 is 0. The summed E-state index contributed by atoms with van der Waals surface area (Å²) in [5, 5.41) is 34.0. The van der Waals surface area contributed by atoms with Crippen LogP contribution in [0.4, 0.5) is 0 Å². The normalized spacial score (nSPS) is 10.9. The second-order valence-corrected chi connectivity index (χ2v) is 9.57. The number of imidazole rings is 1. The quantitative estimate of drug-likeness (QED) is 0.204. The summed E-state index contributed by atoms with van der Waals surface area (Å²) in [5.41, 5.74) is 8.01. The largest absolute Gasteiger partial charge is 0.618 e. The molecule has 0 bridgehead atoms. The molecule has 0 aliphatic heterocycles. The van der Waals surface area contributed by atoms with Gasteiger partial charge in [-0.1, -0.05) is 61.9 Å². The third-order valence-corrected chi connectivity index (χ3v) is 6.96. The van der Waals surface area contributed by atoms with Gasteiger partial charge in [0.2, 0.25) is 11.5 Å². The number of aliphatic hydroxyl groups is 1. The van der Waals surface area contributed by atoms with Gasteiger partial charge in [0.1, 0.15) is 11.3 Å². The van der Waals surface area contributed by atoms with Crippen LogP contribution >= 0.6 is 0 Å². The molecule has 0 saturated heterocycles. The fraction of sp³-hybridized carbons (Fsp3) is 0.226. The number of aromatic amines is 1. The maximum atomic E-state index is 12.4. The molecule has 2 N–H and O–H groups in total. The van der Waals surface area contributed by atoms with Gasteiger partial charge in [0, 0.05) is 31.2 Å². The summed E-state index contributed by atoms with van der Waals surface area (Å²) in [6.07, 6.45) is 4.49. The van der Waals surface area contributed by atoms with Gasteiger partial charge in [0.05, 0.1) is 17.8 Å². The minimum absolute atomic E-state index is 0.568. The molecule has 0 spiro atoms. The third-order valence-electron chi connectivity index (χ3n) is 6.96. The Hall–Kier alpha value is -4.96. The highest BCUT2D eigenvalue weighted by molar-refractivity contribution is 5.81. The Balaban J connectivity index is 0.00000165. The number of rotatable bonds is 8. The average molecular weight is 549 g/mol. The number of aliphatic hydroxyl groups excluding tert-OH is 1. The number of hydrogen-bond acceptors (Lipinski definition) is 7. The Bertz CT molecular complexity index is 1740. The van der Waals surface area contributed by atoms with Gasteiger partial charge in [0.15, 0.2) is 11.8 Å². The van der Waals surface area contributed by atoms with Crippen molar-refractivity contribution in [1.82, 2.24) is 35.2 Å². The van der Waals surface area contributed by atoms with E-state index in [0.29, 0.717) is 18.1 Å². The number of hydrogen-bond donors (Lipinski definition) is 2. The van der Waals surface area contributed by atoms with Gasteiger partial charge in [-0.25, -0.2) is 9.97 Å². The van der Waals surface area contributed by atoms with Gasteiger partial charge in [-0.3, -0.25) is 0 Å². The smallest absolute Gasteiger partial charge is 0.225 e. The number of H-pyrrole nitrogens is 1. The van der Waals surface area contributed by atoms with Gasteiger partial charge in [-0.2, -0.15) is 9.94 Å². The lowest BCUT2D eigenvalue weighted by Gasteiger charge is -2.12. The van der Waals surface area contributed by atoms with Gasteiger partial charge < -0.3 is 14.9 Å². The monoisotopic (exact) mass is 548 g/mol. The maximum absolute atomic E-state index is 12.4. The van der Waals surface area contributed by atoms with Crippen molar-refractivity contribution in [3.8, 4) is 33.8 Å². The van der Waals surface area contributed by atoms with E-state index in [0.717, 1.165) is 81.6 Å². The number of nitrogens with one attached hydrogen (secondary N) is 1. The van der Waals surface area contributed by atoms with Crippen molar-refractivity contribution in [1.29, 1.82) is 0 Å². The molecule has 41 heavy (non-hydrogen) atoms. The molecule has 4 aromatic heterocycles. The summed E-state index contributed by atoms with van der Waals surface area (Å²) in [6, 6.07) is 24.0. The van der Waals surface area contributed by atoms with Crippen LogP contribution in [0.1, 0.15) is 36.8 Å². The summed E-state index contributed by atoms with van der Waals surface area (Å²) < 4.78 is 3.09. The predicted octanol–water partition coefficient (Wildman–Crippen LogP) is 4.89. The first-order chi connectivity index (χ1) is 20.1. The molecule has 0 amide bonds. The van der Waals surface area contributed by atoms with Crippen molar-refractivity contribution < 1.29 is 9.84 Å². The van der Waals surface area contributed by atoms with Crippen molar-refractivity contribution >= 4 is 11.2 Å². The van der Waals surface area contributed by atoms with Crippen LogP contribution in [0.2, 0.25) is 0 Å². The van der Waals surface area contributed by atoms with Crippen LogP contribution in [0.5, 0.6) is 0 Å². The van der Waals surface area contributed by atoms with Crippen molar-refractivity contribution in [2.75, 3.05) is 7.11 Å². The van der Waals surface area contributed by atoms with Crippen molar-refractivity contribution in [3.63, 3.8) is 0 Å². The minimum atomic E-state index is 0.568. The van der Waals surface area contributed by atoms with E-state index in [4.69, 9.17) is 15.1 Å². The highest BCUT2D eigenvalue weighted by atomic mass is 16.5. The van der Waals surface area contributed by atoms with E-state index >= 15 is 0 Å². The molecule has 0 aliphatic rings. The fourth-order valence-electron chi connectivity index (χ4n) is 4.95. The molecule has 0 atom stereocenters. The molecule has 6 aromatic rings. The predicted molar refractivity (Wildman–Crippen MR) is 158 cm³/mol. The van der Waals surface area contributed by atoms with Crippen molar-refractivity contribution in [2.45, 2.75) is 39.7 Å². The first-order valence-electron chi connectivity index (χ1n) is 13.5. The van der Waals surface area contributed by atoms with Crippen LogP contribution in [0, 0.1) is 12.1 Å². The number of unbranched alkanes of at least 4 members (excludes halogenated alkanes) is 1. The van der Waals surface area contributed by atoms with Gasteiger partial charge in [-0.05, 0) is 47.4 Å². The van der Waals surface area contributed by atoms with E-state index in [-0.39, 0.29) is 0 Å². The number of tetrazole rings is 1. The van der Waals surface area contributed by atoms with Crippen LogP contribution in [-0.4, -0.2) is 47.4 Å². The molecular formula is C31H32N8O2. The molecule has 0 saturated carbocycles. The number of fused-ring (bicyclic) bond motifs is 1. The molecule has 0 aliphatic carbocycles. The van der Waals surface area contributed by atoms with Crippen LogP contribution in [-0.2, 0) is 13.0 Å². The third kappa shape index (κ3) is 5.68. The molecule has 4 heterocycles. The summed E-state index contributed by atoms with van der Waals surface area (Å²) in [5.74, 6) is 1.57. The Kier molecular flexibility index (Phi) is 8.40. The maximum Gasteiger partial charge on any atom is 0.225 e. The first kappa shape index (κ1) is 27.6. The van der Waals surface area contributed by atoms with E-state index in [1.165, 1.54) is 6.20 Å². The molecule has 0 radical (unpaired) electrons. The SMILES string of the molecule is CCCCc1nc2cc(-c3cccc[n+]3[O-])c(C)nc2n1Cc1ccc(-c2ccccc2-c2nn[nH]n2)cc1.CO. The Labute approximate surface area is 238 Å². The molecule has 0 fully saturated rings. The zero-order chi connectivity index (χ0) is 28.8. The zero-order valence-corrected chi connectivity index (χ0v) is 23.3. The molecule has 208 valence electrons. The number of aryl methyl sites for hydroxylation is 2. The van der Waals surface area contributed by atoms with E-state index in [1.807, 2.05) is 43.3 Å². The molecule has 10 nitrogen and oxygen atoms in total. The summed E-state index contributed by atoms with van der Waals surface area (Å²) in [4.78, 5) is 9.92. The standard InChI is InChI=1S/C30H28N8O.CH4O/c1-3-4-12-28-32-26-18-25(27-11-7-8-17-38(27)39)20(2)31-30(26)37(28)19-21-13-15-22(16-14-21)23-9-5-6-10-24(23)29-33-35-36-34-29;1-2/h5-11,13-18H,3-4,12,19H2,1-2H3,(H,33,34,35,36);2H,1H3. The average Bonchev–Trinajstić information content (AvgIpc) is 3.66. The van der Waals surface area contributed by atoms with Crippen LogP contribution in [0.3, 0.4) is 0 Å². The van der Waals surface area contributed by atoms with Crippen LogP contribution < -0.4 is 4.73 Å². The van der Waals surface area contributed by atoms with Crippen LogP contribution in [0.15, 0.2) is 79.0 Å². The zero-order valence-electron chi connectivity index (χ0n) is 23.3. The molecular weight excluding hydrogens is 516 g/mol. The number of benzene rings is 2. The second kappa shape index (κ2) is 12.5. The number of nitrogens with zero attached hydrogens (tertiary/aromatic N) is 7. The van der Waals surface area contributed by atoms with Crippen LogP contribution in [0.25, 0.3) is 44.9 Å². The number of pyridine rings is 2. The summed E-state index contributed by atoms with van der Waals surface area (Å²) in [7, 11) is 1.00. The Morgan fingerprint density at radius 2 is 1.68 bits per heavy atom. The molecule has 10 heteroatoms. The van der Waals surface area contributed by atoms with Gasteiger partial charge >= 0.3 is 0 Å². The van der Waals surface area contributed by atoms with E-state index in [2.05, 4.69) is 62.4 Å². The lowest BCUT2D eigenvalue weighted by atomic mass is 9.98. The van der Waals surface area contributed by atoms with E-state index in [9.17, 15) is 5.21 Å². The fourth-order valence-corrected chi connectivity index (χ4v) is 4.95. The second-order valence-electron chi connectivity index (χ2n) is 9.57. The molecule has 0 unspecified atom stereocenters. The highest BCUT2D eigenvalue weighted by Gasteiger charge is 2.19. The van der Waals surface area contributed by atoms with Gasteiger partial charge in [0.25, 0.3) is 0 Å². The molecule has 2 aromatic carbocycles. The van der Waals surface area contributed by atoms with Crippen molar-refractivity contribution in [2.24, 2.45) is 0 Å². The molecule has 6 rings (SSSR count). The first-order valence-corrected chi connectivity index (χ1v) is 13.5. The lowest BCUT2D eigenvalue weighted by molar-refractivity contribution is -0.593. The summed E-state index contributed by atoms with van der Waals surface area (Å²) in [6.45, 7) is 4.78. The van der Waals surface area contributed by atoms with Gasteiger partial charge in [-0.15, -0.1) is 10.2 Å². The Morgan fingerprint density at radius 1 is 0.927 bits per heavy atom. The number of aromatic nitrogens is 8. The highest BCUT2D eigenvalue weighted by Crippen LogP contribution is 2.30. The van der Waals surface area contributed by atoms with Crippen molar-refractivity contribution in [3.05, 3.63) is 101 Å². The minimum Gasteiger partial charge on any atom is -0.618 e. The topological polar surface area (TPSA) is 132 Å². The Morgan fingerprint density at radius 3 is 2.39 bits per heavy atom.